The molecule has 2 aromatic rings. The smallest absolute Gasteiger partial charge is 0.269 e. The number of hydrogen-bond acceptors (Lipinski definition) is 10. The van der Waals surface area contributed by atoms with E-state index in [1.807, 2.05) is 0 Å². The molecule has 1 aliphatic rings. The van der Waals surface area contributed by atoms with Crippen molar-refractivity contribution in [2.45, 2.75) is 37.9 Å². The summed E-state index contributed by atoms with van der Waals surface area (Å²) in [6.07, 6.45) is -3.69. The van der Waals surface area contributed by atoms with E-state index in [0.29, 0.717) is 4.90 Å². The second-order valence-electron chi connectivity index (χ2n) is 6.45. The fraction of sp³-hybridized carbons (Fsp3) is 0.333. The van der Waals surface area contributed by atoms with Crippen molar-refractivity contribution in [2.75, 3.05) is 5.75 Å². The molecule has 3 N–H and O–H groups in total. The quantitative estimate of drug-likeness (QED) is 0.425. The van der Waals surface area contributed by atoms with Gasteiger partial charge in [0, 0.05) is 39.8 Å². The Balaban J connectivity index is 1.83. The standard InChI is InChI=1S/C18H18N2O7S3/c21-14-9-28-18(30-13-7-3-11(4-8-13)20(26)27)17(16(23)15(14)22)29-12-5-1-10(2-6-12)19(24)25/h1-8,14-18,21-23H,9H2/t14-,15-,16+,17-,18-/m1/s1. The van der Waals surface area contributed by atoms with Gasteiger partial charge in [0.1, 0.15) is 6.10 Å². The van der Waals surface area contributed by atoms with Gasteiger partial charge in [-0.25, -0.2) is 0 Å². The summed E-state index contributed by atoms with van der Waals surface area (Å²) in [6, 6.07) is 11.9. The molecule has 0 saturated carbocycles. The molecule has 3 rings (SSSR count). The summed E-state index contributed by atoms with van der Waals surface area (Å²) in [5.74, 6) is 0.209. The van der Waals surface area contributed by atoms with E-state index in [-0.39, 0.29) is 21.7 Å². The Morgan fingerprint density at radius 1 is 0.800 bits per heavy atom. The Morgan fingerprint density at radius 2 is 1.27 bits per heavy atom. The van der Waals surface area contributed by atoms with Gasteiger partial charge in [-0.1, -0.05) is 0 Å². The molecular formula is C18H18N2O7S3. The van der Waals surface area contributed by atoms with Crippen molar-refractivity contribution in [1.82, 2.24) is 0 Å². The number of aliphatic hydroxyl groups excluding tert-OH is 3. The zero-order valence-electron chi connectivity index (χ0n) is 15.3. The Kier molecular flexibility index (Phi) is 7.60. The van der Waals surface area contributed by atoms with E-state index in [4.69, 9.17) is 0 Å². The van der Waals surface area contributed by atoms with Crippen LogP contribution in [0.2, 0.25) is 0 Å². The van der Waals surface area contributed by atoms with Gasteiger partial charge in [0.25, 0.3) is 11.4 Å². The number of hydrogen-bond donors (Lipinski definition) is 3. The van der Waals surface area contributed by atoms with E-state index in [1.165, 1.54) is 59.6 Å². The third-order valence-electron chi connectivity index (χ3n) is 4.40. The van der Waals surface area contributed by atoms with Gasteiger partial charge in [-0.05, 0) is 24.3 Å². The molecule has 0 bridgehead atoms. The van der Waals surface area contributed by atoms with Gasteiger partial charge >= 0.3 is 0 Å². The molecule has 1 saturated heterocycles. The van der Waals surface area contributed by atoms with Crippen LogP contribution in [0.4, 0.5) is 11.4 Å². The molecule has 12 heteroatoms. The first-order valence-electron chi connectivity index (χ1n) is 8.74. The number of rotatable bonds is 6. The maximum atomic E-state index is 10.8. The monoisotopic (exact) mass is 470 g/mol. The maximum Gasteiger partial charge on any atom is 0.269 e. The van der Waals surface area contributed by atoms with E-state index in [2.05, 4.69) is 0 Å². The first-order chi connectivity index (χ1) is 14.3. The van der Waals surface area contributed by atoms with Crippen molar-refractivity contribution < 1.29 is 25.2 Å². The van der Waals surface area contributed by atoms with E-state index >= 15 is 0 Å². The summed E-state index contributed by atoms with van der Waals surface area (Å²) in [4.78, 5) is 22.1. The van der Waals surface area contributed by atoms with Crippen LogP contribution >= 0.6 is 35.3 Å². The highest BCUT2D eigenvalue weighted by Gasteiger charge is 2.41. The van der Waals surface area contributed by atoms with Crippen molar-refractivity contribution in [1.29, 1.82) is 0 Å². The van der Waals surface area contributed by atoms with Gasteiger partial charge in [0.15, 0.2) is 0 Å². The molecule has 0 radical (unpaired) electrons. The van der Waals surface area contributed by atoms with E-state index in [9.17, 15) is 35.5 Å². The maximum absolute atomic E-state index is 10.8. The first-order valence-corrected chi connectivity index (χ1v) is 11.5. The van der Waals surface area contributed by atoms with Crippen LogP contribution in [0.3, 0.4) is 0 Å². The number of nitrogens with zero attached hydrogens (tertiary/aromatic N) is 2. The van der Waals surface area contributed by atoms with Crippen molar-refractivity contribution in [3.05, 3.63) is 68.8 Å². The summed E-state index contributed by atoms with van der Waals surface area (Å²) in [6.45, 7) is 0. The third-order valence-corrected chi connectivity index (χ3v) is 9.03. The minimum absolute atomic E-state index is 0.0319. The summed E-state index contributed by atoms with van der Waals surface area (Å²) in [5, 5.41) is 52.2. The van der Waals surface area contributed by atoms with Gasteiger partial charge in [-0.2, -0.15) is 0 Å². The SMILES string of the molecule is O=[N+]([O-])c1ccc(S[C@H]2SC[C@@H](O)[C@@H](O)[C@H](O)[C@H]2Sc2ccc([N+](=O)[O-])cc2)cc1. The van der Waals surface area contributed by atoms with Crippen LogP contribution in [0, 0.1) is 20.2 Å². The summed E-state index contributed by atoms with van der Waals surface area (Å²) in [5.41, 5.74) is -0.0852. The molecule has 0 unspecified atom stereocenters. The molecule has 30 heavy (non-hydrogen) atoms. The van der Waals surface area contributed by atoms with Crippen LogP contribution in [0.1, 0.15) is 0 Å². The largest absolute Gasteiger partial charge is 0.389 e. The van der Waals surface area contributed by atoms with Crippen LogP contribution < -0.4 is 0 Å². The lowest BCUT2D eigenvalue weighted by Gasteiger charge is -2.29. The van der Waals surface area contributed by atoms with Crippen molar-refractivity contribution in [3.8, 4) is 0 Å². The van der Waals surface area contributed by atoms with Crippen molar-refractivity contribution in [3.63, 3.8) is 0 Å². The Hall–Kier alpha value is -1.83. The molecule has 0 aromatic heterocycles. The predicted molar refractivity (Wildman–Crippen MR) is 116 cm³/mol. The highest BCUT2D eigenvalue weighted by atomic mass is 32.2. The Morgan fingerprint density at radius 3 is 1.73 bits per heavy atom. The van der Waals surface area contributed by atoms with Crippen LogP contribution in [0.15, 0.2) is 58.3 Å². The number of aliphatic hydroxyl groups is 3. The summed E-state index contributed by atoms with van der Waals surface area (Å²) < 4.78 is -0.298. The topological polar surface area (TPSA) is 147 Å². The van der Waals surface area contributed by atoms with Crippen molar-refractivity contribution in [2.24, 2.45) is 0 Å². The normalized spacial score (nSPS) is 26.7. The highest BCUT2D eigenvalue weighted by molar-refractivity contribution is 8.18. The van der Waals surface area contributed by atoms with E-state index < -0.39 is 33.4 Å². The van der Waals surface area contributed by atoms with Crippen LogP contribution in [0.5, 0.6) is 0 Å². The molecule has 0 aliphatic carbocycles. The van der Waals surface area contributed by atoms with Crippen LogP contribution in [0.25, 0.3) is 0 Å². The molecule has 1 aliphatic heterocycles. The number of benzene rings is 2. The molecule has 1 fully saturated rings. The molecule has 2 aromatic carbocycles. The second-order valence-corrected chi connectivity index (χ2v) is 10.4. The molecule has 1 heterocycles. The minimum atomic E-state index is -1.34. The zero-order valence-corrected chi connectivity index (χ0v) is 17.8. The summed E-state index contributed by atoms with van der Waals surface area (Å²) in [7, 11) is 0. The van der Waals surface area contributed by atoms with Gasteiger partial charge in [-0.15, -0.1) is 35.3 Å². The molecule has 0 spiro atoms. The van der Waals surface area contributed by atoms with Gasteiger partial charge < -0.3 is 15.3 Å². The first kappa shape index (κ1) is 22.8. The fourth-order valence-corrected chi connectivity index (χ4v) is 7.17. The molecule has 0 amide bonds. The average molecular weight is 471 g/mol. The zero-order chi connectivity index (χ0) is 21.8. The molecular weight excluding hydrogens is 452 g/mol. The lowest BCUT2D eigenvalue weighted by Crippen LogP contribution is -2.43. The van der Waals surface area contributed by atoms with Crippen LogP contribution in [-0.4, -0.2) is 59.1 Å². The second kappa shape index (κ2) is 9.98. The van der Waals surface area contributed by atoms with Crippen LogP contribution in [-0.2, 0) is 0 Å². The molecule has 160 valence electrons. The van der Waals surface area contributed by atoms with Crippen molar-refractivity contribution >= 4 is 46.7 Å². The Bertz CT molecular complexity index is 898. The lowest BCUT2D eigenvalue weighted by molar-refractivity contribution is -0.385. The number of non-ortho nitro benzene ring substituents is 2. The Labute approximate surface area is 184 Å². The van der Waals surface area contributed by atoms with Gasteiger partial charge in [-0.3, -0.25) is 20.2 Å². The fourth-order valence-electron chi connectivity index (χ4n) is 2.78. The average Bonchev–Trinajstić information content (AvgIpc) is 2.82. The molecule has 9 nitrogen and oxygen atoms in total. The summed E-state index contributed by atoms with van der Waals surface area (Å²) >= 11 is 3.99. The lowest BCUT2D eigenvalue weighted by atomic mass is 10.1. The third kappa shape index (κ3) is 5.45. The van der Waals surface area contributed by atoms with Gasteiger partial charge in [0.05, 0.1) is 31.9 Å². The number of nitro benzene ring substituents is 2. The van der Waals surface area contributed by atoms with E-state index in [0.717, 1.165) is 4.90 Å². The number of nitro groups is 2. The highest BCUT2D eigenvalue weighted by Crippen LogP contribution is 2.45. The predicted octanol–water partition coefficient (Wildman–Crippen LogP) is 2.91. The minimum Gasteiger partial charge on any atom is -0.389 e. The van der Waals surface area contributed by atoms with Gasteiger partial charge in [0.2, 0.25) is 0 Å². The van der Waals surface area contributed by atoms with E-state index in [1.54, 1.807) is 24.3 Å². The molecule has 5 atom stereocenters. The number of thioether (sulfide) groups is 3.